The predicted octanol–water partition coefficient (Wildman–Crippen LogP) is 2.34. The van der Waals surface area contributed by atoms with Crippen LogP contribution in [-0.2, 0) is 14.3 Å². The molecular weight excluding hydrogens is 348 g/mol. The summed E-state index contributed by atoms with van der Waals surface area (Å²) < 4.78 is 5.09. The van der Waals surface area contributed by atoms with E-state index in [-0.39, 0.29) is 23.8 Å². The zero-order valence-electron chi connectivity index (χ0n) is 15.4. The van der Waals surface area contributed by atoms with Crippen LogP contribution in [0.3, 0.4) is 0 Å². The fourth-order valence-electron chi connectivity index (χ4n) is 2.36. The summed E-state index contributed by atoms with van der Waals surface area (Å²) in [5.74, 6) is -1.94. The monoisotopic (exact) mass is 370 g/mol. The van der Waals surface area contributed by atoms with E-state index in [0.717, 1.165) is 5.56 Å². The van der Waals surface area contributed by atoms with Crippen molar-refractivity contribution in [3.8, 4) is 5.75 Å². The first-order valence-corrected chi connectivity index (χ1v) is 8.38. The Morgan fingerprint density at radius 1 is 1.11 bits per heavy atom. The summed E-state index contributed by atoms with van der Waals surface area (Å²) in [6.45, 7) is 3.16. The van der Waals surface area contributed by atoms with Crippen LogP contribution in [0.5, 0.6) is 5.75 Å². The number of hydrogen-bond acceptors (Lipinski definition) is 5. The van der Waals surface area contributed by atoms with E-state index in [0.29, 0.717) is 5.69 Å². The number of nitrogens with zero attached hydrogens (tertiary/aromatic N) is 1. The van der Waals surface area contributed by atoms with Gasteiger partial charge in [-0.1, -0.05) is 29.8 Å². The number of aryl methyl sites for hydroxylation is 1. The van der Waals surface area contributed by atoms with Crippen LogP contribution in [0.4, 0.5) is 5.69 Å². The van der Waals surface area contributed by atoms with Crippen molar-refractivity contribution in [1.29, 1.82) is 0 Å². The fraction of sp³-hybridized carbons (Fsp3) is 0.250. The highest BCUT2D eigenvalue weighted by atomic mass is 16.5. The summed E-state index contributed by atoms with van der Waals surface area (Å²) in [6, 6.07) is 13.2. The second-order valence-corrected chi connectivity index (χ2v) is 6.17. The molecular formula is C20H22N2O5. The molecule has 0 fully saturated rings. The molecule has 1 atom stereocenters. The molecule has 0 saturated carbocycles. The first-order chi connectivity index (χ1) is 12.8. The van der Waals surface area contributed by atoms with E-state index in [1.807, 2.05) is 19.1 Å². The van der Waals surface area contributed by atoms with Crippen molar-refractivity contribution in [2.24, 2.45) is 0 Å². The SMILES string of the molecule is Cc1ccc(NC(=O)CN(C)C(=O)[C@H](C)OC(=O)c2ccccc2O)cc1. The van der Waals surface area contributed by atoms with Crippen LogP contribution < -0.4 is 5.32 Å². The number of carbonyl (C=O) groups is 3. The number of rotatable bonds is 6. The second-order valence-electron chi connectivity index (χ2n) is 6.17. The maximum absolute atomic E-state index is 12.3. The van der Waals surface area contributed by atoms with Crippen LogP contribution in [0.15, 0.2) is 48.5 Å². The molecule has 0 saturated heterocycles. The lowest BCUT2D eigenvalue weighted by atomic mass is 10.2. The average Bonchev–Trinajstić information content (AvgIpc) is 2.63. The third-order valence-corrected chi connectivity index (χ3v) is 3.85. The number of carbonyl (C=O) groups excluding carboxylic acids is 3. The Morgan fingerprint density at radius 2 is 1.74 bits per heavy atom. The number of likely N-dealkylation sites (N-methyl/N-ethyl adjacent to an activating group) is 1. The molecule has 0 spiro atoms. The molecule has 0 radical (unpaired) electrons. The average molecular weight is 370 g/mol. The van der Waals surface area contributed by atoms with Gasteiger partial charge in [-0.15, -0.1) is 0 Å². The summed E-state index contributed by atoms with van der Waals surface area (Å²) in [6.07, 6.45) is -1.10. The molecule has 2 rings (SSSR count). The normalized spacial score (nSPS) is 11.4. The molecule has 7 heteroatoms. The molecule has 0 aromatic heterocycles. The zero-order chi connectivity index (χ0) is 20.0. The lowest BCUT2D eigenvalue weighted by Gasteiger charge is -2.21. The Hall–Kier alpha value is -3.35. The first kappa shape index (κ1) is 20.0. The van der Waals surface area contributed by atoms with E-state index in [4.69, 9.17) is 4.74 Å². The zero-order valence-corrected chi connectivity index (χ0v) is 15.4. The maximum Gasteiger partial charge on any atom is 0.342 e. The van der Waals surface area contributed by atoms with E-state index in [9.17, 15) is 19.5 Å². The molecule has 0 aliphatic rings. The van der Waals surface area contributed by atoms with Gasteiger partial charge in [0.15, 0.2) is 6.10 Å². The number of hydrogen-bond donors (Lipinski definition) is 2. The van der Waals surface area contributed by atoms with Crippen LogP contribution in [0.1, 0.15) is 22.8 Å². The van der Waals surface area contributed by atoms with E-state index in [1.54, 1.807) is 24.3 Å². The number of amides is 2. The van der Waals surface area contributed by atoms with Crippen molar-refractivity contribution in [2.45, 2.75) is 20.0 Å². The highest BCUT2D eigenvalue weighted by Crippen LogP contribution is 2.17. The van der Waals surface area contributed by atoms with Crippen LogP contribution in [0, 0.1) is 6.92 Å². The van der Waals surface area contributed by atoms with Crippen LogP contribution in [0.2, 0.25) is 0 Å². The van der Waals surface area contributed by atoms with E-state index < -0.39 is 18.0 Å². The van der Waals surface area contributed by atoms with Crippen LogP contribution in [0.25, 0.3) is 0 Å². The summed E-state index contributed by atoms with van der Waals surface area (Å²) >= 11 is 0. The predicted molar refractivity (Wildman–Crippen MR) is 100 cm³/mol. The number of anilines is 1. The van der Waals surface area contributed by atoms with Crippen LogP contribution >= 0.6 is 0 Å². The third kappa shape index (κ3) is 5.57. The van der Waals surface area contributed by atoms with Crippen molar-refractivity contribution in [3.63, 3.8) is 0 Å². The smallest absolute Gasteiger partial charge is 0.342 e. The minimum absolute atomic E-state index is 0.0306. The molecule has 2 aromatic rings. The summed E-state index contributed by atoms with van der Waals surface area (Å²) in [5, 5.41) is 12.4. The first-order valence-electron chi connectivity index (χ1n) is 8.38. The molecule has 0 aliphatic heterocycles. The van der Waals surface area contributed by atoms with Gasteiger partial charge in [-0.05, 0) is 38.1 Å². The largest absolute Gasteiger partial charge is 0.507 e. The maximum atomic E-state index is 12.3. The van der Waals surface area contributed by atoms with Crippen LogP contribution in [-0.4, -0.2) is 47.5 Å². The third-order valence-electron chi connectivity index (χ3n) is 3.85. The Labute approximate surface area is 157 Å². The molecule has 0 bridgehead atoms. The number of para-hydroxylation sites is 1. The molecule has 0 aliphatic carbocycles. The topological polar surface area (TPSA) is 95.9 Å². The van der Waals surface area contributed by atoms with Gasteiger partial charge >= 0.3 is 5.97 Å². The van der Waals surface area contributed by atoms with Gasteiger partial charge < -0.3 is 20.1 Å². The Bertz CT molecular complexity index is 833. The van der Waals surface area contributed by atoms with Gasteiger partial charge in [-0.25, -0.2) is 4.79 Å². The lowest BCUT2D eigenvalue weighted by Crippen LogP contribution is -2.41. The molecule has 27 heavy (non-hydrogen) atoms. The van der Waals surface area contributed by atoms with Crippen molar-refractivity contribution < 1.29 is 24.2 Å². The summed E-state index contributed by atoms with van der Waals surface area (Å²) in [7, 11) is 1.45. The Kier molecular flexibility index (Phi) is 6.54. The van der Waals surface area contributed by atoms with Gasteiger partial charge in [0.1, 0.15) is 11.3 Å². The highest BCUT2D eigenvalue weighted by Gasteiger charge is 2.24. The Morgan fingerprint density at radius 3 is 2.37 bits per heavy atom. The van der Waals surface area contributed by atoms with Crippen molar-refractivity contribution in [2.75, 3.05) is 18.9 Å². The molecule has 7 nitrogen and oxygen atoms in total. The number of esters is 1. The van der Waals surface area contributed by atoms with Crippen molar-refractivity contribution in [1.82, 2.24) is 4.90 Å². The number of ether oxygens (including phenoxy) is 1. The molecule has 0 heterocycles. The standard InChI is InChI=1S/C20H22N2O5/c1-13-8-10-15(11-9-13)21-18(24)12-22(3)19(25)14(2)27-20(26)16-6-4-5-7-17(16)23/h4-11,14,23H,12H2,1-3H3,(H,21,24)/t14-/m0/s1. The number of benzene rings is 2. The minimum atomic E-state index is -1.10. The Balaban J connectivity index is 1.89. The quantitative estimate of drug-likeness (QED) is 0.761. The van der Waals surface area contributed by atoms with Gasteiger partial charge in [0, 0.05) is 12.7 Å². The summed E-state index contributed by atoms with van der Waals surface area (Å²) in [5.41, 5.74) is 1.67. The van der Waals surface area contributed by atoms with Gasteiger partial charge in [-0.2, -0.15) is 0 Å². The molecule has 0 unspecified atom stereocenters. The number of nitrogens with one attached hydrogen (secondary N) is 1. The molecule has 2 amide bonds. The van der Waals surface area contributed by atoms with Gasteiger partial charge in [0.05, 0.1) is 6.54 Å². The summed E-state index contributed by atoms with van der Waals surface area (Å²) in [4.78, 5) is 37.6. The lowest BCUT2D eigenvalue weighted by molar-refractivity contribution is -0.140. The number of phenols is 1. The number of phenolic OH excluding ortho intramolecular Hbond substituents is 1. The van der Waals surface area contributed by atoms with Crippen molar-refractivity contribution >= 4 is 23.5 Å². The van der Waals surface area contributed by atoms with E-state index in [1.165, 1.54) is 31.0 Å². The van der Waals surface area contributed by atoms with Gasteiger partial charge in [0.2, 0.25) is 5.91 Å². The number of aromatic hydroxyl groups is 1. The van der Waals surface area contributed by atoms with Gasteiger partial charge in [-0.3, -0.25) is 9.59 Å². The van der Waals surface area contributed by atoms with E-state index in [2.05, 4.69) is 5.32 Å². The fourth-order valence-corrected chi connectivity index (χ4v) is 2.36. The molecule has 2 N–H and O–H groups in total. The van der Waals surface area contributed by atoms with Crippen molar-refractivity contribution in [3.05, 3.63) is 59.7 Å². The van der Waals surface area contributed by atoms with E-state index >= 15 is 0 Å². The minimum Gasteiger partial charge on any atom is -0.507 e. The van der Waals surface area contributed by atoms with Gasteiger partial charge in [0.25, 0.3) is 5.91 Å². The second kappa shape index (κ2) is 8.84. The highest BCUT2D eigenvalue weighted by molar-refractivity contribution is 5.97. The molecule has 142 valence electrons. The molecule has 2 aromatic carbocycles.